The zero-order valence-electron chi connectivity index (χ0n) is 16.9. The Morgan fingerprint density at radius 3 is 2.76 bits per heavy atom. The first-order chi connectivity index (χ1) is 13.8. The summed E-state index contributed by atoms with van der Waals surface area (Å²) in [7, 11) is 0. The number of aromatic nitrogens is 3. The molecule has 1 N–H and O–H groups in total. The largest absolute Gasteiger partial charge is 0.443 e. The van der Waals surface area contributed by atoms with Gasteiger partial charge in [0.25, 0.3) is 5.91 Å². The van der Waals surface area contributed by atoms with Crippen molar-refractivity contribution in [2.45, 2.75) is 51.5 Å². The van der Waals surface area contributed by atoms with E-state index in [0.29, 0.717) is 29.6 Å². The van der Waals surface area contributed by atoms with Gasteiger partial charge in [-0.25, -0.2) is 4.98 Å². The number of hydrogen-bond acceptors (Lipinski definition) is 4. The fourth-order valence-electron chi connectivity index (χ4n) is 3.59. The monoisotopic (exact) mass is 412 g/mol. The van der Waals surface area contributed by atoms with E-state index in [9.17, 15) is 4.79 Å². The number of amides is 1. The van der Waals surface area contributed by atoms with Gasteiger partial charge in [0, 0.05) is 29.1 Å². The van der Waals surface area contributed by atoms with Gasteiger partial charge in [0.2, 0.25) is 5.89 Å². The van der Waals surface area contributed by atoms with E-state index in [1.54, 1.807) is 6.20 Å². The van der Waals surface area contributed by atoms with Gasteiger partial charge in [-0.2, -0.15) is 5.10 Å². The van der Waals surface area contributed by atoms with Gasteiger partial charge in [0.05, 0.1) is 6.20 Å². The summed E-state index contributed by atoms with van der Waals surface area (Å²) in [5.41, 5.74) is 2.39. The molecule has 0 aliphatic carbocycles. The zero-order valence-corrected chi connectivity index (χ0v) is 17.7. The predicted molar refractivity (Wildman–Crippen MR) is 111 cm³/mol. The van der Waals surface area contributed by atoms with Crippen LogP contribution in [0.25, 0.3) is 0 Å². The Kier molecular flexibility index (Phi) is 5.21. The van der Waals surface area contributed by atoms with Crippen molar-refractivity contribution >= 4 is 17.5 Å². The van der Waals surface area contributed by atoms with E-state index in [0.717, 1.165) is 29.9 Å². The van der Waals surface area contributed by atoms with Crippen molar-refractivity contribution in [3.05, 3.63) is 70.2 Å². The lowest BCUT2D eigenvalue weighted by atomic mass is 9.92. The third-order valence-corrected chi connectivity index (χ3v) is 5.52. The first-order valence-corrected chi connectivity index (χ1v) is 10.2. The van der Waals surface area contributed by atoms with Gasteiger partial charge in [0.15, 0.2) is 0 Å². The number of hydrogen-bond donors (Lipinski definition) is 1. The van der Waals surface area contributed by atoms with Crippen molar-refractivity contribution in [3.8, 4) is 0 Å². The Labute approximate surface area is 175 Å². The van der Waals surface area contributed by atoms with Crippen LogP contribution in [-0.2, 0) is 11.8 Å². The molecule has 4 rings (SSSR count). The van der Waals surface area contributed by atoms with Gasteiger partial charge in [-0.3, -0.25) is 9.89 Å². The average Bonchev–Trinajstić information content (AvgIpc) is 3.42. The SMILES string of the molecule is CC(C)(C)c1cc(C(=O)N2CCCC2c2ncc(Cc3ccc(Cl)cc3)o2)n[nH]1. The van der Waals surface area contributed by atoms with Gasteiger partial charge in [-0.05, 0) is 36.6 Å². The van der Waals surface area contributed by atoms with Crippen LogP contribution in [0.2, 0.25) is 5.02 Å². The molecule has 1 unspecified atom stereocenters. The molecule has 1 atom stereocenters. The molecule has 7 heteroatoms. The number of rotatable bonds is 4. The number of oxazole rings is 1. The highest BCUT2D eigenvalue weighted by Crippen LogP contribution is 2.33. The molecule has 0 radical (unpaired) electrons. The second-order valence-corrected chi connectivity index (χ2v) is 8.98. The van der Waals surface area contributed by atoms with E-state index in [1.807, 2.05) is 35.2 Å². The van der Waals surface area contributed by atoms with Gasteiger partial charge < -0.3 is 9.32 Å². The molecule has 0 bridgehead atoms. The summed E-state index contributed by atoms with van der Waals surface area (Å²) in [4.78, 5) is 19.3. The number of carbonyl (C=O) groups excluding carboxylic acids is 1. The molecule has 3 aromatic rings. The number of likely N-dealkylation sites (tertiary alicyclic amines) is 1. The molecule has 1 saturated heterocycles. The lowest BCUT2D eigenvalue weighted by Gasteiger charge is -2.21. The van der Waals surface area contributed by atoms with Gasteiger partial charge >= 0.3 is 0 Å². The maximum absolute atomic E-state index is 13.1. The molecule has 1 amide bonds. The van der Waals surface area contributed by atoms with Crippen molar-refractivity contribution < 1.29 is 9.21 Å². The van der Waals surface area contributed by atoms with Crippen LogP contribution in [0.4, 0.5) is 0 Å². The second-order valence-electron chi connectivity index (χ2n) is 8.54. The zero-order chi connectivity index (χ0) is 20.6. The smallest absolute Gasteiger partial charge is 0.275 e. The first kappa shape index (κ1) is 19.7. The Balaban J connectivity index is 1.50. The number of carbonyl (C=O) groups is 1. The van der Waals surface area contributed by atoms with Crippen LogP contribution in [0.5, 0.6) is 0 Å². The number of aromatic amines is 1. The standard InChI is InChI=1S/C22H25ClN4O2/c1-22(2,3)19-12-17(25-26-19)21(28)27-10-4-5-18(27)20-24-13-16(29-20)11-14-6-8-15(23)9-7-14/h6-9,12-13,18H,4-5,10-11H2,1-3H3,(H,25,26). The van der Waals surface area contributed by atoms with Gasteiger partial charge in [0.1, 0.15) is 17.5 Å². The molecule has 1 aliphatic rings. The molecule has 0 spiro atoms. The molecule has 2 aromatic heterocycles. The number of nitrogens with one attached hydrogen (secondary N) is 1. The molecule has 6 nitrogen and oxygen atoms in total. The maximum Gasteiger partial charge on any atom is 0.275 e. The topological polar surface area (TPSA) is 75.0 Å². The Morgan fingerprint density at radius 1 is 1.31 bits per heavy atom. The molecule has 0 saturated carbocycles. The normalized spacial score (nSPS) is 17.1. The van der Waals surface area contributed by atoms with Gasteiger partial charge in [-0.15, -0.1) is 0 Å². The van der Waals surface area contributed by atoms with Crippen LogP contribution in [-0.4, -0.2) is 32.5 Å². The summed E-state index contributed by atoms with van der Waals surface area (Å²) in [6, 6.07) is 9.36. The van der Waals surface area contributed by atoms with E-state index in [4.69, 9.17) is 16.0 Å². The van der Waals surface area contributed by atoms with Crippen molar-refractivity contribution in [1.29, 1.82) is 0 Å². The Hall–Kier alpha value is -2.60. The van der Waals surface area contributed by atoms with Crippen molar-refractivity contribution in [3.63, 3.8) is 0 Å². The summed E-state index contributed by atoms with van der Waals surface area (Å²) in [6.07, 6.45) is 4.14. The lowest BCUT2D eigenvalue weighted by molar-refractivity contribution is 0.0708. The fourth-order valence-corrected chi connectivity index (χ4v) is 3.72. The van der Waals surface area contributed by atoms with Crippen molar-refractivity contribution in [2.24, 2.45) is 0 Å². The van der Waals surface area contributed by atoms with E-state index in [1.165, 1.54) is 0 Å². The minimum Gasteiger partial charge on any atom is -0.443 e. The fraction of sp³-hybridized carbons (Fsp3) is 0.409. The molecule has 29 heavy (non-hydrogen) atoms. The number of nitrogens with zero attached hydrogens (tertiary/aromatic N) is 3. The highest BCUT2D eigenvalue weighted by atomic mass is 35.5. The van der Waals surface area contributed by atoms with E-state index in [2.05, 4.69) is 36.0 Å². The third kappa shape index (κ3) is 4.22. The first-order valence-electron chi connectivity index (χ1n) is 9.87. The molecule has 1 aliphatic heterocycles. The third-order valence-electron chi connectivity index (χ3n) is 5.27. The molecule has 152 valence electrons. The minimum absolute atomic E-state index is 0.0864. The quantitative estimate of drug-likeness (QED) is 0.660. The Bertz CT molecular complexity index is 1000. The highest BCUT2D eigenvalue weighted by molar-refractivity contribution is 6.30. The van der Waals surface area contributed by atoms with Crippen LogP contribution in [0.1, 0.15) is 73.1 Å². The molecule has 3 heterocycles. The molecule has 1 aromatic carbocycles. The Morgan fingerprint density at radius 2 is 2.07 bits per heavy atom. The summed E-state index contributed by atoms with van der Waals surface area (Å²) in [6.45, 7) is 6.93. The minimum atomic E-state index is -0.156. The second kappa shape index (κ2) is 7.67. The number of benzene rings is 1. The van der Waals surface area contributed by atoms with Crippen LogP contribution in [0, 0.1) is 0 Å². The molecular formula is C22H25ClN4O2. The maximum atomic E-state index is 13.1. The van der Waals surface area contributed by atoms with Gasteiger partial charge in [-0.1, -0.05) is 44.5 Å². The summed E-state index contributed by atoms with van der Waals surface area (Å²) >= 11 is 5.95. The predicted octanol–water partition coefficient (Wildman–Crippen LogP) is 4.92. The number of H-pyrrole nitrogens is 1. The van der Waals surface area contributed by atoms with Crippen LogP contribution < -0.4 is 0 Å². The van der Waals surface area contributed by atoms with E-state index >= 15 is 0 Å². The van der Waals surface area contributed by atoms with Crippen LogP contribution in [0.15, 0.2) is 40.9 Å². The van der Waals surface area contributed by atoms with Crippen molar-refractivity contribution in [2.75, 3.05) is 6.54 Å². The average molecular weight is 413 g/mol. The van der Waals surface area contributed by atoms with E-state index < -0.39 is 0 Å². The lowest BCUT2D eigenvalue weighted by Crippen LogP contribution is -2.31. The molecular weight excluding hydrogens is 388 g/mol. The summed E-state index contributed by atoms with van der Waals surface area (Å²) < 4.78 is 6.01. The number of halogens is 1. The highest BCUT2D eigenvalue weighted by Gasteiger charge is 2.35. The molecule has 1 fully saturated rings. The summed E-state index contributed by atoms with van der Waals surface area (Å²) in [5.74, 6) is 1.28. The van der Waals surface area contributed by atoms with Crippen LogP contribution >= 0.6 is 11.6 Å². The van der Waals surface area contributed by atoms with Crippen molar-refractivity contribution in [1.82, 2.24) is 20.1 Å². The van der Waals surface area contributed by atoms with Crippen LogP contribution in [0.3, 0.4) is 0 Å². The summed E-state index contributed by atoms with van der Waals surface area (Å²) in [5, 5.41) is 7.95. The van der Waals surface area contributed by atoms with E-state index in [-0.39, 0.29) is 17.4 Å².